The zero-order chi connectivity index (χ0) is 55.7. The van der Waals surface area contributed by atoms with Gasteiger partial charge in [0.05, 0.1) is 0 Å². The Morgan fingerprint density at radius 1 is 0.273 bits per heavy atom. The summed E-state index contributed by atoms with van der Waals surface area (Å²) < 4.78 is 16.8. The van der Waals surface area contributed by atoms with Crippen LogP contribution >= 0.6 is 0 Å². The minimum Gasteiger partial charge on any atom is -0.462 e. The van der Waals surface area contributed by atoms with E-state index in [-0.39, 0.29) is 31.6 Å². The fourth-order valence-electron chi connectivity index (χ4n) is 8.39. The largest absolute Gasteiger partial charge is 0.462 e. The zero-order valence-corrected chi connectivity index (χ0v) is 49.9. The third kappa shape index (κ3) is 62.3. The maximum Gasteiger partial charge on any atom is 0.306 e. The first-order valence-electron chi connectivity index (χ1n) is 31.7. The molecule has 0 aliphatic heterocycles. The van der Waals surface area contributed by atoms with Gasteiger partial charge in [-0.15, -0.1) is 0 Å². The lowest BCUT2D eigenvalue weighted by atomic mass is 10.1. The molecule has 0 aromatic heterocycles. The summed E-state index contributed by atoms with van der Waals surface area (Å²) in [4.78, 5) is 38.3. The highest BCUT2D eigenvalue weighted by atomic mass is 16.6. The molecule has 1 unspecified atom stereocenters. The van der Waals surface area contributed by atoms with Crippen LogP contribution < -0.4 is 0 Å². The van der Waals surface area contributed by atoms with E-state index in [0.717, 1.165) is 109 Å². The van der Waals surface area contributed by atoms with Gasteiger partial charge in [-0.3, -0.25) is 14.4 Å². The average Bonchev–Trinajstić information content (AvgIpc) is 3.43. The Morgan fingerprint density at radius 2 is 0.532 bits per heavy atom. The van der Waals surface area contributed by atoms with E-state index in [4.69, 9.17) is 14.2 Å². The van der Waals surface area contributed by atoms with Gasteiger partial charge in [-0.05, 0) is 128 Å². The molecule has 0 fully saturated rings. The zero-order valence-electron chi connectivity index (χ0n) is 49.9. The van der Waals surface area contributed by atoms with Crippen LogP contribution in [-0.4, -0.2) is 37.2 Å². The number of allylic oxidation sites excluding steroid dienone is 22. The normalized spacial score (nSPS) is 13.0. The number of carbonyl (C=O) groups excluding carboxylic acids is 3. The number of unbranched alkanes of at least 4 members (excludes halogenated alkanes) is 23. The molecule has 0 saturated carbocycles. The molecule has 0 amide bonds. The van der Waals surface area contributed by atoms with Crippen molar-refractivity contribution >= 4 is 17.9 Å². The van der Waals surface area contributed by atoms with Crippen LogP contribution in [0.2, 0.25) is 0 Å². The van der Waals surface area contributed by atoms with Crippen molar-refractivity contribution in [2.24, 2.45) is 0 Å². The molecule has 0 spiro atoms. The molecule has 0 bridgehead atoms. The summed E-state index contributed by atoms with van der Waals surface area (Å²) in [7, 11) is 0. The van der Waals surface area contributed by atoms with Gasteiger partial charge in [-0.25, -0.2) is 0 Å². The summed E-state index contributed by atoms with van der Waals surface area (Å²) in [6.07, 6.45) is 90.3. The topological polar surface area (TPSA) is 78.9 Å². The number of rotatable bonds is 56. The lowest BCUT2D eigenvalue weighted by Gasteiger charge is -2.18. The number of ether oxygens (including phenoxy) is 3. The second-order valence-electron chi connectivity index (χ2n) is 20.6. The molecule has 0 aromatic carbocycles. The van der Waals surface area contributed by atoms with Crippen LogP contribution in [0.3, 0.4) is 0 Å². The minimum absolute atomic E-state index is 0.118. The molecule has 0 N–H and O–H groups in total. The molecule has 0 aliphatic rings. The first-order chi connectivity index (χ1) is 38.0. The quantitative estimate of drug-likeness (QED) is 0.0261. The van der Waals surface area contributed by atoms with E-state index in [1.807, 2.05) is 6.08 Å². The Morgan fingerprint density at radius 3 is 0.870 bits per heavy atom. The molecule has 0 radical (unpaired) electrons. The first-order valence-corrected chi connectivity index (χ1v) is 31.7. The fraction of sp³-hybridized carbons (Fsp3) is 0.648. The van der Waals surface area contributed by atoms with E-state index in [1.54, 1.807) is 0 Å². The average molecular weight is 1070 g/mol. The summed E-state index contributed by atoms with van der Waals surface area (Å²) >= 11 is 0. The van der Waals surface area contributed by atoms with Gasteiger partial charge in [-0.1, -0.05) is 264 Å². The maximum absolute atomic E-state index is 12.9. The number of hydrogen-bond donors (Lipinski definition) is 0. The first kappa shape index (κ1) is 72.5. The second-order valence-corrected chi connectivity index (χ2v) is 20.6. The van der Waals surface area contributed by atoms with E-state index in [2.05, 4.69) is 148 Å². The lowest BCUT2D eigenvalue weighted by Crippen LogP contribution is -2.30. The van der Waals surface area contributed by atoms with Gasteiger partial charge in [0.1, 0.15) is 13.2 Å². The van der Waals surface area contributed by atoms with Gasteiger partial charge in [0.15, 0.2) is 6.10 Å². The summed E-state index contributed by atoms with van der Waals surface area (Å²) in [6.45, 7) is 6.42. The van der Waals surface area contributed by atoms with Crippen LogP contribution in [0.25, 0.3) is 0 Å². The number of esters is 3. The Bertz CT molecular complexity index is 1650. The summed E-state index contributed by atoms with van der Waals surface area (Å²) in [5.41, 5.74) is 0. The van der Waals surface area contributed by atoms with Crippen molar-refractivity contribution in [2.45, 2.75) is 284 Å². The van der Waals surface area contributed by atoms with Crippen molar-refractivity contribution in [1.82, 2.24) is 0 Å². The van der Waals surface area contributed by atoms with Crippen molar-refractivity contribution in [1.29, 1.82) is 0 Å². The lowest BCUT2D eigenvalue weighted by molar-refractivity contribution is -0.166. The fourth-order valence-corrected chi connectivity index (χ4v) is 8.39. The molecular formula is C71H116O6. The van der Waals surface area contributed by atoms with E-state index in [1.165, 1.54) is 122 Å². The van der Waals surface area contributed by atoms with Crippen molar-refractivity contribution in [3.05, 3.63) is 134 Å². The van der Waals surface area contributed by atoms with E-state index >= 15 is 0 Å². The molecule has 6 heteroatoms. The number of hydrogen-bond acceptors (Lipinski definition) is 6. The van der Waals surface area contributed by atoms with Gasteiger partial charge in [-0.2, -0.15) is 0 Å². The van der Waals surface area contributed by atoms with E-state index in [9.17, 15) is 14.4 Å². The van der Waals surface area contributed by atoms with Crippen molar-refractivity contribution in [3.63, 3.8) is 0 Å². The molecule has 436 valence electrons. The van der Waals surface area contributed by atoms with Crippen LogP contribution in [0.1, 0.15) is 278 Å². The molecule has 0 rings (SSSR count). The van der Waals surface area contributed by atoms with Crippen molar-refractivity contribution in [2.75, 3.05) is 13.2 Å². The minimum atomic E-state index is -0.833. The SMILES string of the molecule is CC/C=C\C/C=C\C/C=C\C/C=C\C/C=C\C/C=C\CCC(=O)OC(COC(=O)CCCCCCCC/C=C\C/C=C\C/C=C\CCCCC)COC(=O)CCCCCCCCCCC/C=C\C/C=C\CCCCCCC. The standard InChI is InChI=1S/C71H116O6/c1-4-7-10-13-16-19-22-25-28-31-34-35-38-40-43-46-49-52-55-58-61-64-70(73)76-67-68(77-71(74)65-62-59-56-53-50-47-44-41-37-33-30-27-24-21-18-15-12-9-6-3)66-75-69(72)63-60-57-54-51-48-45-42-39-36-32-29-26-23-20-17-14-11-8-5-2/h9,12,17-18,20-22,25-27,29-31,34,36-37,39,41,47,50,56,59,68H,4-8,10-11,13-16,19,23-24,28,32-33,35,38,40,42-46,48-49,51-55,57-58,60-67H2,1-3H3/b12-9-,20-17-,21-18-,25-22-,29-26-,30-27-,34-31-,39-36-,41-37-,50-47-,59-56-. The van der Waals surface area contributed by atoms with Crippen LogP contribution in [-0.2, 0) is 28.6 Å². The summed E-state index contributed by atoms with van der Waals surface area (Å²) in [6, 6.07) is 0. The molecule has 77 heavy (non-hydrogen) atoms. The van der Waals surface area contributed by atoms with Gasteiger partial charge in [0.2, 0.25) is 0 Å². The Labute approximate surface area is 475 Å². The van der Waals surface area contributed by atoms with Gasteiger partial charge >= 0.3 is 17.9 Å². The van der Waals surface area contributed by atoms with Gasteiger partial charge < -0.3 is 14.2 Å². The summed E-state index contributed by atoms with van der Waals surface area (Å²) in [5, 5.41) is 0. The molecule has 0 heterocycles. The predicted molar refractivity (Wildman–Crippen MR) is 334 cm³/mol. The monoisotopic (exact) mass is 1060 g/mol. The van der Waals surface area contributed by atoms with Gasteiger partial charge in [0, 0.05) is 19.3 Å². The highest BCUT2D eigenvalue weighted by Gasteiger charge is 2.19. The predicted octanol–water partition coefficient (Wildman–Crippen LogP) is 21.8. The smallest absolute Gasteiger partial charge is 0.306 e. The Balaban J connectivity index is 4.53. The van der Waals surface area contributed by atoms with Crippen LogP contribution in [0, 0.1) is 0 Å². The Hall–Kier alpha value is -4.45. The molecule has 0 aromatic rings. The highest BCUT2D eigenvalue weighted by molar-refractivity contribution is 5.71. The van der Waals surface area contributed by atoms with Crippen LogP contribution in [0.4, 0.5) is 0 Å². The molecule has 1 atom stereocenters. The second kappa shape index (κ2) is 64.1. The summed E-state index contributed by atoms with van der Waals surface area (Å²) in [5.74, 6) is -1.02. The third-order valence-corrected chi connectivity index (χ3v) is 13.1. The number of carbonyl (C=O) groups is 3. The van der Waals surface area contributed by atoms with Crippen molar-refractivity contribution in [3.8, 4) is 0 Å². The third-order valence-electron chi connectivity index (χ3n) is 13.1. The molecular weight excluding hydrogens is 949 g/mol. The van der Waals surface area contributed by atoms with Crippen LogP contribution in [0.5, 0.6) is 0 Å². The van der Waals surface area contributed by atoms with E-state index in [0.29, 0.717) is 19.3 Å². The van der Waals surface area contributed by atoms with Crippen molar-refractivity contribution < 1.29 is 28.6 Å². The molecule has 0 aliphatic carbocycles. The molecule has 6 nitrogen and oxygen atoms in total. The maximum atomic E-state index is 12.9. The Kier molecular flexibility index (Phi) is 60.4. The van der Waals surface area contributed by atoms with Gasteiger partial charge in [0.25, 0.3) is 0 Å². The molecule has 0 saturated heterocycles. The van der Waals surface area contributed by atoms with E-state index < -0.39 is 12.1 Å². The highest BCUT2D eigenvalue weighted by Crippen LogP contribution is 2.14. The van der Waals surface area contributed by atoms with Crippen LogP contribution in [0.15, 0.2) is 134 Å².